The van der Waals surface area contributed by atoms with Gasteiger partial charge in [-0.1, -0.05) is 12.1 Å². The fourth-order valence-corrected chi connectivity index (χ4v) is 2.27. The highest BCUT2D eigenvalue weighted by molar-refractivity contribution is 8.00. The number of benzene rings is 1. The van der Waals surface area contributed by atoms with Crippen LogP contribution < -0.4 is 14.8 Å². The molecule has 0 radical (unpaired) electrons. The molecule has 0 unspecified atom stereocenters. The summed E-state index contributed by atoms with van der Waals surface area (Å²) in [7, 11) is 1.38. The maximum atomic E-state index is 12.3. The number of carbonyl (C=O) groups excluding carboxylic acids is 1. The molecule has 0 saturated heterocycles. The summed E-state index contributed by atoms with van der Waals surface area (Å²) in [6.45, 7) is 1.09. The molecule has 22 heavy (non-hydrogen) atoms. The highest BCUT2D eigenvalue weighted by atomic mass is 32.2. The highest BCUT2D eigenvalue weighted by Crippen LogP contribution is 2.29. The summed E-state index contributed by atoms with van der Waals surface area (Å²) in [5, 5.41) is 2.76. The van der Waals surface area contributed by atoms with Crippen molar-refractivity contribution in [1.29, 1.82) is 0 Å². The van der Waals surface area contributed by atoms with Crippen LogP contribution in [-0.2, 0) is 11.2 Å². The molecule has 0 bridgehead atoms. The van der Waals surface area contributed by atoms with Crippen LogP contribution >= 0.6 is 11.8 Å². The predicted octanol–water partition coefficient (Wildman–Crippen LogP) is 2.87. The van der Waals surface area contributed by atoms with Crippen molar-refractivity contribution in [2.45, 2.75) is 13.0 Å². The normalized spacial score (nSPS) is 10.4. The van der Waals surface area contributed by atoms with Gasteiger partial charge in [0.15, 0.2) is 11.5 Å². The minimum atomic E-state index is -2.91. The summed E-state index contributed by atoms with van der Waals surface area (Å²) >= 11 is 1.47. The maximum absolute atomic E-state index is 12.3. The third-order valence-electron chi connectivity index (χ3n) is 2.65. The van der Waals surface area contributed by atoms with Crippen molar-refractivity contribution in [3.63, 3.8) is 0 Å². The van der Waals surface area contributed by atoms with Gasteiger partial charge in [0.1, 0.15) is 0 Å². The van der Waals surface area contributed by atoms with Crippen molar-refractivity contribution >= 4 is 17.7 Å². The lowest BCUT2D eigenvalue weighted by Gasteiger charge is -2.11. The topological polar surface area (TPSA) is 47.6 Å². The number of thioether (sulfide) groups is 1. The Morgan fingerprint density at radius 1 is 1.45 bits per heavy atom. The van der Waals surface area contributed by atoms with E-state index in [0.29, 0.717) is 18.7 Å². The summed E-state index contributed by atoms with van der Waals surface area (Å²) < 4.78 is 34.0. The molecule has 1 N–H and O–H groups in total. The van der Waals surface area contributed by atoms with Crippen molar-refractivity contribution in [2.24, 2.45) is 0 Å². The lowest BCUT2D eigenvalue weighted by Crippen LogP contribution is -2.27. The Kier molecular flexibility index (Phi) is 8.35. The average molecular weight is 331 g/mol. The fraction of sp³-hybridized carbons (Fsp3) is 0.400. The monoisotopic (exact) mass is 331 g/mol. The van der Waals surface area contributed by atoms with Crippen molar-refractivity contribution in [2.75, 3.05) is 25.2 Å². The Labute approximate surface area is 132 Å². The summed E-state index contributed by atoms with van der Waals surface area (Å²) in [4.78, 5) is 11.5. The number of amides is 1. The molecule has 0 spiro atoms. The molecule has 0 fully saturated rings. The first kappa shape index (κ1) is 18.3. The van der Waals surface area contributed by atoms with E-state index in [2.05, 4.69) is 16.6 Å². The van der Waals surface area contributed by atoms with Crippen molar-refractivity contribution in [3.8, 4) is 11.5 Å². The largest absolute Gasteiger partial charge is 0.493 e. The molecule has 0 aromatic heterocycles. The van der Waals surface area contributed by atoms with E-state index in [-0.39, 0.29) is 17.4 Å². The molecular formula is C15H19F2NO3S. The van der Waals surface area contributed by atoms with Crippen molar-refractivity contribution in [1.82, 2.24) is 5.32 Å². The van der Waals surface area contributed by atoms with E-state index in [0.717, 1.165) is 11.3 Å². The second-order valence-corrected chi connectivity index (χ2v) is 5.30. The first-order valence-electron chi connectivity index (χ1n) is 6.64. The lowest BCUT2D eigenvalue weighted by molar-refractivity contribution is -0.118. The van der Waals surface area contributed by atoms with Gasteiger partial charge in [-0.05, 0) is 24.1 Å². The van der Waals surface area contributed by atoms with Gasteiger partial charge in [-0.25, -0.2) is 0 Å². The molecule has 1 rings (SSSR count). The number of hydrogen-bond acceptors (Lipinski definition) is 4. The molecule has 0 aliphatic rings. The van der Waals surface area contributed by atoms with Crippen LogP contribution in [0.4, 0.5) is 8.78 Å². The van der Waals surface area contributed by atoms with E-state index in [4.69, 9.17) is 4.74 Å². The van der Waals surface area contributed by atoms with E-state index in [9.17, 15) is 13.6 Å². The number of rotatable bonds is 10. The molecule has 1 amide bonds. The van der Waals surface area contributed by atoms with Crippen LogP contribution in [0.2, 0.25) is 0 Å². The average Bonchev–Trinajstić information content (AvgIpc) is 2.47. The Morgan fingerprint density at radius 2 is 2.23 bits per heavy atom. The van der Waals surface area contributed by atoms with Gasteiger partial charge < -0.3 is 14.8 Å². The molecule has 0 saturated carbocycles. The Bertz CT molecular complexity index is 498. The van der Waals surface area contributed by atoms with Crippen molar-refractivity contribution < 1.29 is 23.0 Å². The van der Waals surface area contributed by atoms with Crippen LogP contribution in [-0.4, -0.2) is 37.7 Å². The van der Waals surface area contributed by atoms with Gasteiger partial charge in [0.2, 0.25) is 5.91 Å². The van der Waals surface area contributed by atoms with Gasteiger partial charge in [0.25, 0.3) is 0 Å². The molecule has 1 aromatic carbocycles. The number of alkyl halides is 2. The van der Waals surface area contributed by atoms with Crippen LogP contribution in [0.5, 0.6) is 11.5 Å². The molecular weight excluding hydrogens is 312 g/mol. The predicted molar refractivity (Wildman–Crippen MR) is 83.9 cm³/mol. The Balaban J connectivity index is 2.48. The van der Waals surface area contributed by atoms with E-state index in [1.165, 1.54) is 24.9 Å². The molecule has 0 aliphatic carbocycles. The zero-order chi connectivity index (χ0) is 16.4. The molecule has 0 aliphatic heterocycles. The summed E-state index contributed by atoms with van der Waals surface area (Å²) in [6.07, 6.45) is 2.25. The second kappa shape index (κ2) is 10.0. The van der Waals surface area contributed by atoms with Crippen LogP contribution in [0.15, 0.2) is 30.9 Å². The van der Waals surface area contributed by atoms with E-state index >= 15 is 0 Å². The molecule has 4 nitrogen and oxygen atoms in total. The zero-order valence-corrected chi connectivity index (χ0v) is 13.1. The molecule has 0 atom stereocenters. The summed E-state index contributed by atoms with van der Waals surface area (Å²) in [5.41, 5.74) is 0.774. The zero-order valence-electron chi connectivity index (χ0n) is 12.3. The van der Waals surface area contributed by atoms with Crippen LogP contribution in [0.25, 0.3) is 0 Å². The van der Waals surface area contributed by atoms with Crippen LogP contribution in [0, 0.1) is 0 Å². The second-order valence-electron chi connectivity index (χ2n) is 4.27. The number of halogens is 2. The van der Waals surface area contributed by atoms with Gasteiger partial charge in [-0.15, -0.1) is 18.3 Å². The van der Waals surface area contributed by atoms with Crippen LogP contribution in [0.3, 0.4) is 0 Å². The number of ether oxygens (including phenoxy) is 2. The number of hydrogen-bond donors (Lipinski definition) is 1. The first-order valence-corrected chi connectivity index (χ1v) is 7.79. The fourth-order valence-electron chi connectivity index (χ4n) is 1.70. The Morgan fingerprint density at radius 3 is 2.86 bits per heavy atom. The van der Waals surface area contributed by atoms with Gasteiger partial charge in [-0.3, -0.25) is 4.79 Å². The third kappa shape index (κ3) is 6.80. The number of methoxy groups -OCH3 is 1. The molecule has 7 heteroatoms. The third-order valence-corrected chi connectivity index (χ3v) is 3.59. The first-order chi connectivity index (χ1) is 10.6. The quantitative estimate of drug-likeness (QED) is 0.529. The van der Waals surface area contributed by atoms with Gasteiger partial charge in [0.05, 0.1) is 12.9 Å². The van der Waals surface area contributed by atoms with Crippen molar-refractivity contribution in [3.05, 3.63) is 36.4 Å². The van der Waals surface area contributed by atoms with Gasteiger partial charge >= 0.3 is 6.61 Å². The van der Waals surface area contributed by atoms with E-state index in [1.807, 2.05) is 0 Å². The minimum absolute atomic E-state index is 0.0112. The summed E-state index contributed by atoms with van der Waals surface area (Å²) in [6, 6.07) is 4.80. The lowest BCUT2D eigenvalue weighted by atomic mass is 10.1. The molecule has 122 valence electrons. The molecule has 0 heterocycles. The SMILES string of the molecule is C=CCSCC(=O)NCCc1ccc(OC)c(OC(F)F)c1. The smallest absolute Gasteiger partial charge is 0.387 e. The summed E-state index contributed by atoms with van der Waals surface area (Å²) in [5.74, 6) is 1.26. The van der Waals surface area contributed by atoms with Crippen LogP contribution in [0.1, 0.15) is 5.56 Å². The Hall–Kier alpha value is -1.76. The van der Waals surface area contributed by atoms with Gasteiger partial charge in [-0.2, -0.15) is 8.78 Å². The van der Waals surface area contributed by atoms with E-state index < -0.39 is 6.61 Å². The number of carbonyl (C=O) groups is 1. The highest BCUT2D eigenvalue weighted by Gasteiger charge is 2.11. The minimum Gasteiger partial charge on any atom is -0.493 e. The standard InChI is InChI=1S/C15H19F2NO3S/c1-3-8-22-10-14(19)18-7-6-11-4-5-12(20-2)13(9-11)21-15(16)17/h3-5,9,15H,1,6-8,10H2,2H3,(H,18,19). The van der Waals surface area contributed by atoms with Gasteiger partial charge in [0, 0.05) is 12.3 Å². The maximum Gasteiger partial charge on any atom is 0.387 e. The molecule has 1 aromatic rings. The van der Waals surface area contributed by atoms with E-state index in [1.54, 1.807) is 18.2 Å². The number of nitrogens with one attached hydrogen (secondary N) is 1.